The largest absolute Gasteiger partial charge is 0.495 e. The van der Waals surface area contributed by atoms with Crippen molar-refractivity contribution >= 4 is 17.4 Å². The molecular formula is C14H19ClO2. The van der Waals surface area contributed by atoms with Crippen molar-refractivity contribution in [2.45, 2.75) is 33.1 Å². The van der Waals surface area contributed by atoms with Crippen LogP contribution in [0.4, 0.5) is 0 Å². The van der Waals surface area contributed by atoms with Crippen LogP contribution in [0.25, 0.3) is 0 Å². The quantitative estimate of drug-likeness (QED) is 0.770. The summed E-state index contributed by atoms with van der Waals surface area (Å²) >= 11 is 6.06. The van der Waals surface area contributed by atoms with Crippen molar-refractivity contribution in [1.82, 2.24) is 0 Å². The normalized spacial score (nSPS) is 12.2. The highest BCUT2D eigenvalue weighted by atomic mass is 35.5. The fourth-order valence-corrected chi connectivity index (χ4v) is 2.18. The zero-order valence-electron chi connectivity index (χ0n) is 10.6. The molecule has 0 saturated carbocycles. The molecule has 0 spiro atoms. The van der Waals surface area contributed by atoms with Crippen LogP contribution >= 0.6 is 11.6 Å². The number of carbonyl (C=O) groups excluding carboxylic acids is 1. The minimum atomic E-state index is 0.101. The Balaban J connectivity index is 2.80. The molecule has 1 aromatic carbocycles. The Morgan fingerprint density at radius 3 is 2.59 bits per heavy atom. The number of halogens is 1. The first-order valence-electron chi connectivity index (χ1n) is 5.97. The molecule has 0 aliphatic rings. The maximum Gasteiger partial charge on any atom is 0.137 e. The SMILES string of the molecule is CCC(=O)C(CC)Cc1ccc(OC)c(Cl)c1. The van der Waals surface area contributed by atoms with Crippen molar-refractivity contribution in [2.75, 3.05) is 7.11 Å². The zero-order chi connectivity index (χ0) is 12.8. The van der Waals surface area contributed by atoms with Crippen LogP contribution in [-0.2, 0) is 11.2 Å². The van der Waals surface area contributed by atoms with E-state index in [-0.39, 0.29) is 5.92 Å². The van der Waals surface area contributed by atoms with Gasteiger partial charge in [-0.3, -0.25) is 4.79 Å². The van der Waals surface area contributed by atoms with E-state index in [1.54, 1.807) is 7.11 Å². The molecule has 1 unspecified atom stereocenters. The van der Waals surface area contributed by atoms with Gasteiger partial charge in [-0.05, 0) is 30.5 Å². The summed E-state index contributed by atoms with van der Waals surface area (Å²) in [7, 11) is 1.59. The third kappa shape index (κ3) is 3.74. The van der Waals surface area contributed by atoms with Gasteiger partial charge >= 0.3 is 0 Å². The van der Waals surface area contributed by atoms with E-state index in [9.17, 15) is 4.79 Å². The van der Waals surface area contributed by atoms with E-state index in [0.717, 1.165) is 18.4 Å². The number of ether oxygens (including phenoxy) is 1. The lowest BCUT2D eigenvalue weighted by atomic mass is 9.92. The third-order valence-corrected chi connectivity index (χ3v) is 3.29. The van der Waals surface area contributed by atoms with Gasteiger partial charge in [0.1, 0.15) is 11.5 Å². The summed E-state index contributed by atoms with van der Waals surface area (Å²) in [5.74, 6) is 1.09. The predicted octanol–water partition coefficient (Wildman–Crippen LogP) is 3.90. The highest BCUT2D eigenvalue weighted by Gasteiger charge is 2.15. The molecule has 94 valence electrons. The van der Waals surface area contributed by atoms with Crippen LogP contribution in [0.1, 0.15) is 32.3 Å². The topological polar surface area (TPSA) is 26.3 Å². The lowest BCUT2D eigenvalue weighted by molar-refractivity contribution is -0.122. The van der Waals surface area contributed by atoms with Crippen molar-refractivity contribution in [3.05, 3.63) is 28.8 Å². The van der Waals surface area contributed by atoms with Gasteiger partial charge in [-0.15, -0.1) is 0 Å². The Labute approximate surface area is 108 Å². The maximum absolute atomic E-state index is 11.7. The zero-order valence-corrected chi connectivity index (χ0v) is 11.4. The van der Waals surface area contributed by atoms with Crippen molar-refractivity contribution in [3.63, 3.8) is 0 Å². The Bertz CT molecular complexity index is 388. The van der Waals surface area contributed by atoms with E-state index in [2.05, 4.69) is 0 Å². The molecule has 0 aromatic heterocycles. The van der Waals surface area contributed by atoms with Gasteiger partial charge in [-0.1, -0.05) is 31.5 Å². The number of methoxy groups -OCH3 is 1. The number of ketones is 1. The molecule has 0 amide bonds. The van der Waals surface area contributed by atoms with E-state index in [0.29, 0.717) is 23.0 Å². The summed E-state index contributed by atoms with van der Waals surface area (Å²) in [5.41, 5.74) is 1.09. The molecule has 1 aromatic rings. The Morgan fingerprint density at radius 1 is 1.41 bits per heavy atom. The first-order chi connectivity index (χ1) is 8.12. The predicted molar refractivity (Wildman–Crippen MR) is 70.8 cm³/mol. The summed E-state index contributed by atoms with van der Waals surface area (Å²) < 4.78 is 5.10. The van der Waals surface area contributed by atoms with Crippen LogP contribution in [-0.4, -0.2) is 12.9 Å². The summed E-state index contributed by atoms with van der Waals surface area (Å²) in [6.45, 7) is 3.95. The molecule has 3 heteroatoms. The summed E-state index contributed by atoms with van der Waals surface area (Å²) in [6.07, 6.45) is 2.23. The van der Waals surface area contributed by atoms with Gasteiger partial charge < -0.3 is 4.74 Å². The van der Waals surface area contributed by atoms with E-state index in [4.69, 9.17) is 16.3 Å². The Hall–Kier alpha value is -1.02. The van der Waals surface area contributed by atoms with E-state index >= 15 is 0 Å². The van der Waals surface area contributed by atoms with Crippen LogP contribution in [0.5, 0.6) is 5.75 Å². The molecule has 1 rings (SSSR count). The van der Waals surface area contributed by atoms with E-state index in [1.807, 2.05) is 32.0 Å². The van der Waals surface area contributed by atoms with Crippen LogP contribution in [0.3, 0.4) is 0 Å². The highest BCUT2D eigenvalue weighted by molar-refractivity contribution is 6.32. The van der Waals surface area contributed by atoms with Gasteiger partial charge in [-0.2, -0.15) is 0 Å². The van der Waals surface area contributed by atoms with Gasteiger partial charge in [-0.25, -0.2) is 0 Å². The van der Waals surface area contributed by atoms with Crippen molar-refractivity contribution < 1.29 is 9.53 Å². The minimum absolute atomic E-state index is 0.101. The molecule has 0 bridgehead atoms. The summed E-state index contributed by atoms with van der Waals surface area (Å²) in [5, 5.41) is 0.601. The second kappa shape index (κ2) is 6.65. The Morgan fingerprint density at radius 2 is 2.12 bits per heavy atom. The van der Waals surface area contributed by atoms with Crippen molar-refractivity contribution in [3.8, 4) is 5.75 Å². The van der Waals surface area contributed by atoms with Crippen LogP contribution in [0.2, 0.25) is 5.02 Å². The van der Waals surface area contributed by atoms with E-state index in [1.165, 1.54) is 0 Å². The monoisotopic (exact) mass is 254 g/mol. The molecule has 0 radical (unpaired) electrons. The molecule has 17 heavy (non-hydrogen) atoms. The number of carbonyl (C=O) groups is 1. The Kier molecular flexibility index (Phi) is 5.49. The van der Waals surface area contributed by atoms with E-state index < -0.39 is 0 Å². The third-order valence-electron chi connectivity index (χ3n) is 2.99. The smallest absolute Gasteiger partial charge is 0.137 e. The van der Waals surface area contributed by atoms with Crippen LogP contribution < -0.4 is 4.74 Å². The molecule has 1 atom stereocenters. The molecule has 0 N–H and O–H groups in total. The van der Waals surface area contributed by atoms with Gasteiger partial charge in [0.05, 0.1) is 12.1 Å². The molecule has 0 heterocycles. The number of hydrogen-bond acceptors (Lipinski definition) is 2. The fraction of sp³-hybridized carbons (Fsp3) is 0.500. The molecule has 0 aliphatic heterocycles. The lowest BCUT2D eigenvalue weighted by Crippen LogP contribution is -2.15. The lowest BCUT2D eigenvalue weighted by Gasteiger charge is -2.13. The molecule has 0 saturated heterocycles. The molecule has 0 aliphatic carbocycles. The number of hydrogen-bond donors (Lipinski definition) is 0. The standard InChI is InChI=1S/C14H19ClO2/c1-4-11(13(16)5-2)8-10-6-7-14(17-3)12(15)9-10/h6-7,9,11H,4-5,8H2,1-3H3. The number of rotatable bonds is 6. The van der Waals surface area contributed by atoms with Crippen LogP contribution in [0, 0.1) is 5.92 Å². The van der Waals surface area contributed by atoms with Gasteiger partial charge in [0.25, 0.3) is 0 Å². The first-order valence-corrected chi connectivity index (χ1v) is 6.35. The van der Waals surface area contributed by atoms with Crippen molar-refractivity contribution in [1.29, 1.82) is 0 Å². The maximum atomic E-state index is 11.7. The summed E-state index contributed by atoms with van der Waals surface area (Å²) in [4.78, 5) is 11.7. The van der Waals surface area contributed by atoms with Gasteiger partial charge in [0.2, 0.25) is 0 Å². The minimum Gasteiger partial charge on any atom is -0.495 e. The average molecular weight is 255 g/mol. The average Bonchev–Trinajstić information content (AvgIpc) is 2.35. The molecule has 0 fully saturated rings. The van der Waals surface area contributed by atoms with Crippen molar-refractivity contribution in [2.24, 2.45) is 5.92 Å². The summed E-state index contributed by atoms with van der Waals surface area (Å²) in [6, 6.07) is 5.70. The van der Waals surface area contributed by atoms with Gasteiger partial charge in [0, 0.05) is 12.3 Å². The molecule has 2 nitrogen and oxygen atoms in total. The number of benzene rings is 1. The second-order valence-electron chi connectivity index (χ2n) is 4.10. The van der Waals surface area contributed by atoms with Crippen LogP contribution in [0.15, 0.2) is 18.2 Å². The molecular weight excluding hydrogens is 236 g/mol. The fourth-order valence-electron chi connectivity index (χ4n) is 1.90. The van der Waals surface area contributed by atoms with Gasteiger partial charge in [0.15, 0.2) is 0 Å². The highest BCUT2D eigenvalue weighted by Crippen LogP contribution is 2.26. The number of Topliss-reactive ketones (excluding diaryl/α,β-unsaturated/α-hetero) is 1. The second-order valence-corrected chi connectivity index (χ2v) is 4.51. The first kappa shape index (κ1) is 14.0.